The van der Waals surface area contributed by atoms with Gasteiger partial charge >= 0.3 is 0 Å². The maximum absolute atomic E-state index is 12.0. The SMILES string of the molecule is N#Cc1ccc(N2CCCC(Br)C2=O)cc1Cl. The fourth-order valence-electron chi connectivity index (χ4n) is 1.85. The Hall–Kier alpha value is -1.05. The minimum Gasteiger partial charge on any atom is -0.311 e. The Kier molecular flexibility index (Phi) is 3.70. The number of alkyl halides is 1. The largest absolute Gasteiger partial charge is 0.311 e. The average molecular weight is 314 g/mol. The van der Waals surface area contributed by atoms with E-state index in [0.717, 1.165) is 18.5 Å². The zero-order valence-corrected chi connectivity index (χ0v) is 11.3. The first-order chi connectivity index (χ1) is 8.13. The molecule has 1 saturated heterocycles. The zero-order chi connectivity index (χ0) is 12.4. The molecule has 1 heterocycles. The van der Waals surface area contributed by atoms with Crippen molar-refractivity contribution in [3.63, 3.8) is 0 Å². The third kappa shape index (κ3) is 2.46. The molecule has 5 heteroatoms. The third-order valence-corrected chi connectivity index (χ3v) is 3.92. The van der Waals surface area contributed by atoms with Crippen LogP contribution in [0.1, 0.15) is 18.4 Å². The number of nitrogens with zero attached hydrogens (tertiary/aromatic N) is 2. The highest BCUT2D eigenvalue weighted by Gasteiger charge is 2.27. The van der Waals surface area contributed by atoms with Crippen LogP contribution in [0.3, 0.4) is 0 Å². The second-order valence-corrected chi connectivity index (χ2v) is 5.39. The van der Waals surface area contributed by atoms with E-state index in [-0.39, 0.29) is 10.7 Å². The molecule has 1 aromatic rings. The Balaban J connectivity index is 2.31. The van der Waals surface area contributed by atoms with Gasteiger partial charge in [0.1, 0.15) is 6.07 Å². The molecule has 1 fully saturated rings. The number of anilines is 1. The maximum Gasteiger partial charge on any atom is 0.240 e. The van der Waals surface area contributed by atoms with Crippen molar-refractivity contribution in [1.82, 2.24) is 0 Å². The molecule has 0 aliphatic carbocycles. The minimum absolute atomic E-state index is 0.0528. The first kappa shape index (κ1) is 12.4. The summed E-state index contributed by atoms with van der Waals surface area (Å²) in [7, 11) is 0. The molecule has 1 unspecified atom stereocenters. The number of amides is 1. The van der Waals surface area contributed by atoms with Gasteiger partial charge in [-0.1, -0.05) is 27.5 Å². The fourth-order valence-corrected chi connectivity index (χ4v) is 2.64. The summed E-state index contributed by atoms with van der Waals surface area (Å²) in [6.45, 7) is 0.698. The predicted molar refractivity (Wildman–Crippen MR) is 70.5 cm³/mol. The molecule has 1 atom stereocenters. The molecule has 1 aliphatic heterocycles. The second-order valence-electron chi connectivity index (χ2n) is 3.88. The Morgan fingerprint density at radius 3 is 2.94 bits per heavy atom. The molecular weight excluding hydrogens is 304 g/mol. The van der Waals surface area contributed by atoms with Crippen LogP contribution in [-0.2, 0) is 4.79 Å². The van der Waals surface area contributed by atoms with E-state index in [9.17, 15) is 4.79 Å². The van der Waals surface area contributed by atoms with Gasteiger partial charge in [-0.15, -0.1) is 0 Å². The van der Waals surface area contributed by atoms with Crippen LogP contribution in [0.15, 0.2) is 18.2 Å². The van der Waals surface area contributed by atoms with Crippen molar-refractivity contribution >= 4 is 39.1 Å². The fraction of sp³-hybridized carbons (Fsp3) is 0.333. The van der Waals surface area contributed by atoms with Gasteiger partial charge < -0.3 is 4.90 Å². The lowest BCUT2D eigenvalue weighted by Gasteiger charge is -2.30. The summed E-state index contributed by atoms with van der Waals surface area (Å²) < 4.78 is 0. The molecule has 0 bridgehead atoms. The molecule has 1 amide bonds. The number of hydrogen-bond acceptors (Lipinski definition) is 2. The topological polar surface area (TPSA) is 44.1 Å². The molecule has 0 radical (unpaired) electrons. The van der Waals surface area contributed by atoms with Crippen molar-refractivity contribution in [2.75, 3.05) is 11.4 Å². The van der Waals surface area contributed by atoms with Crippen molar-refractivity contribution in [3.8, 4) is 6.07 Å². The number of hydrogen-bond donors (Lipinski definition) is 0. The van der Waals surface area contributed by atoms with Gasteiger partial charge in [0.25, 0.3) is 0 Å². The predicted octanol–water partition coefficient (Wildman–Crippen LogP) is 3.10. The number of benzene rings is 1. The number of halogens is 2. The minimum atomic E-state index is -0.120. The van der Waals surface area contributed by atoms with Crippen LogP contribution in [0.5, 0.6) is 0 Å². The molecule has 1 aliphatic rings. The highest BCUT2D eigenvalue weighted by atomic mass is 79.9. The van der Waals surface area contributed by atoms with E-state index < -0.39 is 0 Å². The number of carbonyl (C=O) groups excluding carboxylic acids is 1. The van der Waals surface area contributed by atoms with E-state index >= 15 is 0 Å². The molecule has 0 aromatic heterocycles. The lowest BCUT2D eigenvalue weighted by molar-refractivity contribution is -0.118. The number of rotatable bonds is 1. The van der Waals surface area contributed by atoms with Gasteiger partial charge in [0.2, 0.25) is 5.91 Å². The van der Waals surface area contributed by atoms with Gasteiger partial charge in [0, 0.05) is 12.2 Å². The third-order valence-electron chi connectivity index (χ3n) is 2.76. The molecule has 0 N–H and O–H groups in total. The van der Waals surface area contributed by atoms with Gasteiger partial charge in [-0.05, 0) is 31.0 Å². The van der Waals surface area contributed by atoms with E-state index in [0.29, 0.717) is 17.1 Å². The first-order valence-electron chi connectivity index (χ1n) is 5.28. The molecule has 0 saturated carbocycles. The number of carbonyl (C=O) groups is 1. The molecule has 0 spiro atoms. The standard InChI is InChI=1S/C12H10BrClN2O/c13-10-2-1-5-16(12(10)17)9-4-3-8(7-15)11(14)6-9/h3-4,6,10H,1-2,5H2. The van der Waals surface area contributed by atoms with Crippen LogP contribution < -0.4 is 4.90 Å². The van der Waals surface area contributed by atoms with Gasteiger partial charge in [0.05, 0.1) is 15.4 Å². The maximum atomic E-state index is 12.0. The number of piperidine rings is 1. The highest BCUT2D eigenvalue weighted by Crippen LogP contribution is 2.28. The summed E-state index contributed by atoms with van der Waals surface area (Å²) in [6, 6.07) is 7.07. The van der Waals surface area contributed by atoms with Crippen LogP contribution in [-0.4, -0.2) is 17.3 Å². The summed E-state index contributed by atoms with van der Waals surface area (Å²) >= 11 is 9.32. The summed E-state index contributed by atoms with van der Waals surface area (Å²) in [5.74, 6) is 0.0528. The normalized spacial score (nSPS) is 20.2. The molecule has 3 nitrogen and oxygen atoms in total. The summed E-state index contributed by atoms with van der Waals surface area (Å²) in [5, 5.41) is 9.18. The lowest BCUT2D eigenvalue weighted by Crippen LogP contribution is -2.41. The molecule has 1 aromatic carbocycles. The van der Waals surface area contributed by atoms with Crippen molar-refractivity contribution in [2.24, 2.45) is 0 Å². The summed E-state index contributed by atoms with van der Waals surface area (Å²) in [5.41, 5.74) is 1.18. The van der Waals surface area contributed by atoms with Gasteiger partial charge in [-0.25, -0.2) is 0 Å². The molecular formula is C12H10BrClN2O. The smallest absolute Gasteiger partial charge is 0.240 e. The van der Waals surface area contributed by atoms with Crippen molar-refractivity contribution in [1.29, 1.82) is 5.26 Å². The zero-order valence-electron chi connectivity index (χ0n) is 8.99. The second kappa shape index (κ2) is 5.07. The van der Waals surface area contributed by atoms with Crippen LogP contribution in [0.2, 0.25) is 5.02 Å². The van der Waals surface area contributed by atoms with Crippen LogP contribution >= 0.6 is 27.5 Å². The number of nitriles is 1. The van der Waals surface area contributed by atoms with E-state index in [1.165, 1.54) is 0 Å². The van der Waals surface area contributed by atoms with Crippen LogP contribution in [0.25, 0.3) is 0 Å². The van der Waals surface area contributed by atoms with E-state index in [1.54, 1.807) is 23.1 Å². The monoisotopic (exact) mass is 312 g/mol. The van der Waals surface area contributed by atoms with Gasteiger partial charge in [-0.3, -0.25) is 4.79 Å². The Labute approximate surface area is 113 Å². The van der Waals surface area contributed by atoms with Crippen molar-refractivity contribution in [3.05, 3.63) is 28.8 Å². The highest BCUT2D eigenvalue weighted by molar-refractivity contribution is 9.10. The Morgan fingerprint density at radius 1 is 1.53 bits per heavy atom. The first-order valence-corrected chi connectivity index (χ1v) is 6.58. The Bertz CT molecular complexity index is 498. The van der Waals surface area contributed by atoms with Crippen LogP contribution in [0.4, 0.5) is 5.69 Å². The Morgan fingerprint density at radius 2 is 2.29 bits per heavy atom. The molecule has 17 heavy (non-hydrogen) atoms. The van der Waals surface area contributed by atoms with Gasteiger partial charge in [0.15, 0.2) is 0 Å². The lowest BCUT2D eigenvalue weighted by atomic mass is 10.1. The molecule has 2 rings (SSSR count). The summed E-state index contributed by atoms with van der Waals surface area (Å²) in [4.78, 5) is 13.5. The average Bonchev–Trinajstić information content (AvgIpc) is 2.32. The molecule has 88 valence electrons. The van der Waals surface area contributed by atoms with Gasteiger partial charge in [-0.2, -0.15) is 5.26 Å². The van der Waals surface area contributed by atoms with E-state index in [4.69, 9.17) is 16.9 Å². The van der Waals surface area contributed by atoms with Crippen molar-refractivity contribution < 1.29 is 4.79 Å². The van der Waals surface area contributed by atoms with E-state index in [1.807, 2.05) is 6.07 Å². The summed E-state index contributed by atoms with van der Waals surface area (Å²) in [6.07, 6.45) is 1.82. The quantitative estimate of drug-likeness (QED) is 0.748. The van der Waals surface area contributed by atoms with Crippen molar-refractivity contribution in [2.45, 2.75) is 17.7 Å². The van der Waals surface area contributed by atoms with E-state index in [2.05, 4.69) is 15.9 Å². The van der Waals surface area contributed by atoms with Crippen LogP contribution in [0, 0.1) is 11.3 Å².